The molecule has 2 atom stereocenters. The Morgan fingerprint density at radius 1 is 0.387 bits per heavy atom. The molecular weight excluding hydrogens is 925 g/mol. The van der Waals surface area contributed by atoms with E-state index in [0.29, 0.717) is 11.8 Å². The van der Waals surface area contributed by atoms with E-state index in [0.717, 1.165) is 23.9 Å². The van der Waals surface area contributed by atoms with E-state index in [1.165, 1.54) is 234 Å². The maximum Gasteiger partial charge on any atom is 0.0975 e. The van der Waals surface area contributed by atoms with Gasteiger partial charge in [-0.2, -0.15) is 0 Å². The van der Waals surface area contributed by atoms with Gasteiger partial charge in [-0.25, -0.2) is 9.97 Å². The molecule has 0 aliphatic carbocycles. The summed E-state index contributed by atoms with van der Waals surface area (Å²) in [5, 5.41) is 0. The van der Waals surface area contributed by atoms with Crippen molar-refractivity contribution in [3.8, 4) is 22.3 Å². The van der Waals surface area contributed by atoms with Crippen LogP contribution in [0.1, 0.15) is 267 Å². The lowest BCUT2D eigenvalue weighted by molar-refractivity contribution is 0.517. The van der Waals surface area contributed by atoms with Gasteiger partial charge in [-0.05, 0) is 118 Å². The summed E-state index contributed by atoms with van der Waals surface area (Å²) in [7, 11) is 0. The number of nitrogens with zero attached hydrogens (tertiary/aromatic N) is 2. The highest BCUT2D eigenvalue weighted by molar-refractivity contribution is 9.11. The van der Waals surface area contributed by atoms with Crippen LogP contribution in [0.2, 0.25) is 0 Å². The van der Waals surface area contributed by atoms with Crippen molar-refractivity contribution >= 4 is 65.6 Å². The van der Waals surface area contributed by atoms with Crippen molar-refractivity contribution < 1.29 is 0 Å². The number of hydrogen-bond donors (Lipinski definition) is 0. The Kier molecular flexibility index (Phi) is 27.4. The minimum Gasteiger partial charge on any atom is -0.249 e. The third-order valence-electron chi connectivity index (χ3n) is 13.4. The lowest BCUT2D eigenvalue weighted by Gasteiger charge is -2.20. The molecule has 6 heteroatoms. The van der Waals surface area contributed by atoms with Gasteiger partial charge in [-0.3, -0.25) is 0 Å². The standard InChI is InChI=1S/C56H88Br2N2S2/c1-7-13-17-21-25-29-35-43(33-11-5)55-47(41-51(57)61-55)45-39-40-46(48-42-52(58)62-56(48)44(34-12-6)36-30-26-22-18-14-8-2)54-53(45)59-49(37-31-27-23-19-15-9-3)50(60-54)38-32-28-24-20-16-10-4/h39-44H,7-38H2,1-6H3. The molecule has 4 rings (SSSR count). The number of halogens is 2. The molecule has 3 heterocycles. The molecule has 2 unspecified atom stereocenters. The molecule has 0 radical (unpaired) electrons. The zero-order chi connectivity index (χ0) is 44.4. The van der Waals surface area contributed by atoms with E-state index in [1.54, 1.807) is 9.75 Å². The van der Waals surface area contributed by atoms with Gasteiger partial charge in [-0.1, -0.05) is 208 Å². The molecule has 0 aliphatic rings. The predicted octanol–water partition coefficient (Wildman–Crippen LogP) is 21.7. The smallest absolute Gasteiger partial charge is 0.0975 e. The lowest BCUT2D eigenvalue weighted by atomic mass is 9.88. The van der Waals surface area contributed by atoms with Crippen LogP contribution in [0.4, 0.5) is 0 Å². The zero-order valence-electron chi connectivity index (χ0n) is 40.6. The number of hydrogen-bond acceptors (Lipinski definition) is 4. The normalized spacial score (nSPS) is 12.8. The fraction of sp³-hybridized carbons (Fsp3) is 0.714. The number of aromatic nitrogens is 2. The molecule has 0 bridgehead atoms. The van der Waals surface area contributed by atoms with E-state index in [2.05, 4.69) is 97.7 Å². The summed E-state index contributed by atoms with van der Waals surface area (Å²) < 4.78 is 2.48. The van der Waals surface area contributed by atoms with E-state index in [-0.39, 0.29) is 0 Å². The van der Waals surface area contributed by atoms with Crippen molar-refractivity contribution in [2.45, 2.75) is 259 Å². The van der Waals surface area contributed by atoms with E-state index >= 15 is 0 Å². The molecule has 0 spiro atoms. The predicted molar refractivity (Wildman–Crippen MR) is 287 cm³/mol. The fourth-order valence-electron chi connectivity index (χ4n) is 9.81. The van der Waals surface area contributed by atoms with Crippen molar-refractivity contribution in [2.75, 3.05) is 0 Å². The summed E-state index contributed by atoms with van der Waals surface area (Å²) >= 11 is 12.0. The van der Waals surface area contributed by atoms with Gasteiger partial charge in [0, 0.05) is 20.9 Å². The van der Waals surface area contributed by atoms with Gasteiger partial charge in [0.15, 0.2) is 0 Å². The topological polar surface area (TPSA) is 25.8 Å². The molecule has 348 valence electrons. The minimum atomic E-state index is 0.575. The number of rotatable bonds is 36. The molecular formula is C56H88Br2N2S2. The Labute approximate surface area is 406 Å². The molecule has 0 saturated carbocycles. The molecule has 0 N–H and O–H groups in total. The molecule has 0 amide bonds. The maximum absolute atomic E-state index is 5.88. The first-order chi connectivity index (χ1) is 30.4. The Bertz CT molecular complexity index is 1660. The SMILES string of the molecule is CCCCCCCCc1nc2c(-c3cc(Br)sc3C(CCC)CCCCCCCC)ccc(-c3cc(Br)sc3C(CCC)CCCCCCCC)c2nc1CCCCCCCC. The highest BCUT2D eigenvalue weighted by Gasteiger charge is 2.26. The van der Waals surface area contributed by atoms with Crippen molar-refractivity contribution in [3.05, 3.63) is 53.0 Å². The first-order valence-corrected chi connectivity index (χ1v) is 29.5. The highest BCUT2D eigenvalue weighted by atomic mass is 79.9. The maximum atomic E-state index is 5.88. The second kappa shape index (κ2) is 31.8. The minimum absolute atomic E-state index is 0.575. The van der Waals surface area contributed by atoms with Gasteiger partial charge in [0.2, 0.25) is 0 Å². The summed E-state index contributed by atoms with van der Waals surface area (Å²) in [6, 6.07) is 9.78. The van der Waals surface area contributed by atoms with Crippen LogP contribution in [-0.4, -0.2) is 9.97 Å². The molecule has 2 nitrogen and oxygen atoms in total. The number of aryl methyl sites for hydroxylation is 2. The Morgan fingerprint density at radius 3 is 1.05 bits per heavy atom. The van der Waals surface area contributed by atoms with E-state index < -0.39 is 0 Å². The van der Waals surface area contributed by atoms with Crippen LogP contribution < -0.4 is 0 Å². The van der Waals surface area contributed by atoms with Gasteiger partial charge in [0.25, 0.3) is 0 Å². The second-order valence-electron chi connectivity index (χ2n) is 18.8. The average molecular weight is 1010 g/mol. The van der Waals surface area contributed by atoms with Gasteiger partial charge >= 0.3 is 0 Å². The third kappa shape index (κ3) is 17.6. The molecule has 0 aliphatic heterocycles. The molecule has 62 heavy (non-hydrogen) atoms. The molecule has 0 saturated heterocycles. The third-order valence-corrected chi connectivity index (χ3v) is 17.0. The first-order valence-electron chi connectivity index (χ1n) is 26.3. The van der Waals surface area contributed by atoms with Crippen molar-refractivity contribution in [3.63, 3.8) is 0 Å². The van der Waals surface area contributed by atoms with Crippen molar-refractivity contribution in [1.82, 2.24) is 9.97 Å². The van der Waals surface area contributed by atoms with Crippen LogP contribution in [-0.2, 0) is 12.8 Å². The van der Waals surface area contributed by atoms with Crippen LogP contribution in [0.25, 0.3) is 33.3 Å². The fourth-order valence-corrected chi connectivity index (χ4v) is 13.5. The quantitative estimate of drug-likeness (QED) is 0.0424. The highest BCUT2D eigenvalue weighted by Crippen LogP contribution is 2.48. The summed E-state index contributed by atoms with van der Waals surface area (Å²) in [5.41, 5.74) is 10.2. The first kappa shape index (κ1) is 53.5. The Hall–Kier alpha value is -1.08. The van der Waals surface area contributed by atoms with Crippen molar-refractivity contribution in [1.29, 1.82) is 0 Å². The summed E-state index contributed by atoms with van der Waals surface area (Å²) in [6.45, 7) is 14.0. The largest absolute Gasteiger partial charge is 0.249 e. The monoisotopic (exact) mass is 1010 g/mol. The van der Waals surface area contributed by atoms with Crippen LogP contribution in [0.15, 0.2) is 31.8 Å². The molecule has 3 aromatic heterocycles. The summed E-state index contributed by atoms with van der Waals surface area (Å²) in [6.07, 6.45) is 41.3. The molecule has 0 fully saturated rings. The Balaban J connectivity index is 1.86. The number of unbranched alkanes of at least 4 members (excludes halogenated alkanes) is 20. The van der Waals surface area contributed by atoms with E-state index in [1.807, 2.05) is 22.7 Å². The van der Waals surface area contributed by atoms with E-state index in [4.69, 9.17) is 9.97 Å². The zero-order valence-corrected chi connectivity index (χ0v) is 45.4. The molecule has 1 aromatic carbocycles. The summed E-state index contributed by atoms with van der Waals surface area (Å²) in [4.78, 5) is 14.9. The Morgan fingerprint density at radius 2 is 0.710 bits per heavy atom. The van der Waals surface area contributed by atoms with Crippen LogP contribution >= 0.6 is 54.5 Å². The number of thiophene rings is 2. The average Bonchev–Trinajstić information content (AvgIpc) is 3.86. The number of benzene rings is 1. The van der Waals surface area contributed by atoms with E-state index in [9.17, 15) is 0 Å². The van der Waals surface area contributed by atoms with Crippen LogP contribution in [0.5, 0.6) is 0 Å². The van der Waals surface area contributed by atoms with Gasteiger partial charge < -0.3 is 0 Å². The van der Waals surface area contributed by atoms with Gasteiger partial charge in [-0.15, -0.1) is 22.7 Å². The molecule has 4 aromatic rings. The van der Waals surface area contributed by atoms with Crippen LogP contribution in [0.3, 0.4) is 0 Å². The summed E-state index contributed by atoms with van der Waals surface area (Å²) in [5.74, 6) is 1.15. The van der Waals surface area contributed by atoms with Crippen LogP contribution in [0, 0.1) is 0 Å². The number of fused-ring (bicyclic) bond motifs is 1. The second-order valence-corrected chi connectivity index (χ2v) is 23.7. The van der Waals surface area contributed by atoms with Crippen molar-refractivity contribution in [2.24, 2.45) is 0 Å². The van der Waals surface area contributed by atoms with Gasteiger partial charge in [0.1, 0.15) is 0 Å². The van der Waals surface area contributed by atoms with Gasteiger partial charge in [0.05, 0.1) is 30.0 Å². The lowest BCUT2D eigenvalue weighted by Crippen LogP contribution is -2.06.